The van der Waals surface area contributed by atoms with Crippen LogP contribution in [0, 0.1) is 18.3 Å². The molecule has 0 aromatic carbocycles. The van der Waals surface area contributed by atoms with Gasteiger partial charge in [0.15, 0.2) is 0 Å². The molecule has 0 atom stereocenters. The van der Waals surface area contributed by atoms with Gasteiger partial charge in [0.1, 0.15) is 18.4 Å². The van der Waals surface area contributed by atoms with E-state index in [-0.39, 0.29) is 0 Å². The highest BCUT2D eigenvalue weighted by atomic mass is 16.5. The molecule has 0 spiro atoms. The average Bonchev–Trinajstić information content (AvgIpc) is 2.82. The summed E-state index contributed by atoms with van der Waals surface area (Å²) in [6.07, 6.45) is 1.73. The third kappa shape index (κ3) is 3.77. The van der Waals surface area contributed by atoms with E-state index in [9.17, 15) is 0 Å². The minimum absolute atomic E-state index is 0.483. The lowest BCUT2D eigenvalue weighted by Gasteiger charge is -2.08. The predicted octanol–water partition coefficient (Wildman–Crippen LogP) is 2.24. The molecule has 0 saturated heterocycles. The Labute approximate surface area is 130 Å². The molecule has 0 fully saturated rings. The van der Waals surface area contributed by atoms with Crippen LogP contribution in [-0.2, 0) is 18.3 Å². The maximum Gasteiger partial charge on any atom is 0.213 e. The van der Waals surface area contributed by atoms with Gasteiger partial charge >= 0.3 is 0 Å². The summed E-state index contributed by atoms with van der Waals surface area (Å²) in [5, 5.41) is 12.3. The van der Waals surface area contributed by atoms with Crippen molar-refractivity contribution in [2.45, 2.75) is 13.5 Å². The molecule has 0 unspecified atom stereocenters. The summed E-state index contributed by atoms with van der Waals surface area (Å²) >= 11 is 0. The number of hydrogen-bond acceptors (Lipinski definition) is 5. The summed E-state index contributed by atoms with van der Waals surface area (Å²) in [5.74, 6) is 0.574. The lowest BCUT2D eigenvalue weighted by atomic mass is 10.2. The summed E-state index contributed by atoms with van der Waals surface area (Å²) in [5.41, 5.74) is 3.74. The Morgan fingerprint density at radius 2 is 2.18 bits per heavy atom. The van der Waals surface area contributed by atoms with Crippen LogP contribution in [-0.4, -0.2) is 29.9 Å². The zero-order chi connectivity index (χ0) is 15.9. The van der Waals surface area contributed by atoms with E-state index >= 15 is 0 Å². The quantitative estimate of drug-likeness (QED) is 0.794. The van der Waals surface area contributed by atoms with Gasteiger partial charge in [-0.3, -0.25) is 0 Å². The van der Waals surface area contributed by atoms with Crippen LogP contribution in [0.1, 0.15) is 17.0 Å². The molecule has 0 saturated carbocycles. The normalized spacial score (nSPS) is 10.3. The standard InChI is InChI=1S/C16H20N4O2/c1-12-13(8-15(9-17)20(12)2)10-18-14-4-5-16(19-11-14)22-7-6-21-3/h4-5,8,11,18H,6-7,10H2,1-3H3. The molecule has 6 nitrogen and oxygen atoms in total. The number of rotatable bonds is 7. The van der Waals surface area contributed by atoms with Crippen molar-refractivity contribution in [1.82, 2.24) is 9.55 Å². The van der Waals surface area contributed by atoms with Crippen LogP contribution in [0.25, 0.3) is 0 Å². The molecule has 116 valence electrons. The minimum Gasteiger partial charge on any atom is -0.475 e. The molecule has 0 aliphatic heterocycles. The van der Waals surface area contributed by atoms with Crippen LogP contribution < -0.4 is 10.1 Å². The van der Waals surface area contributed by atoms with Crippen molar-refractivity contribution < 1.29 is 9.47 Å². The smallest absolute Gasteiger partial charge is 0.213 e. The Hall–Kier alpha value is -2.52. The van der Waals surface area contributed by atoms with Gasteiger partial charge in [-0.2, -0.15) is 5.26 Å². The molecule has 0 aliphatic rings. The second-order valence-electron chi connectivity index (χ2n) is 4.89. The molecule has 2 aromatic heterocycles. The number of nitriles is 1. The monoisotopic (exact) mass is 300 g/mol. The van der Waals surface area contributed by atoms with Crippen molar-refractivity contribution in [3.63, 3.8) is 0 Å². The van der Waals surface area contributed by atoms with Gasteiger partial charge in [0.05, 0.1) is 18.5 Å². The van der Waals surface area contributed by atoms with Crippen molar-refractivity contribution >= 4 is 5.69 Å². The number of nitrogens with zero attached hydrogens (tertiary/aromatic N) is 3. The van der Waals surface area contributed by atoms with Gasteiger partial charge in [-0.05, 0) is 24.6 Å². The summed E-state index contributed by atoms with van der Waals surface area (Å²) in [4.78, 5) is 4.23. The molecule has 2 rings (SSSR count). The Balaban J connectivity index is 1.93. The van der Waals surface area contributed by atoms with Crippen molar-refractivity contribution in [2.75, 3.05) is 25.6 Å². The molecule has 22 heavy (non-hydrogen) atoms. The number of nitrogens with one attached hydrogen (secondary N) is 1. The molecule has 1 N–H and O–H groups in total. The van der Waals surface area contributed by atoms with Crippen LogP contribution in [0.15, 0.2) is 24.4 Å². The van der Waals surface area contributed by atoms with Crippen LogP contribution in [0.5, 0.6) is 5.88 Å². The molecular formula is C16H20N4O2. The Morgan fingerprint density at radius 3 is 2.77 bits per heavy atom. The van der Waals surface area contributed by atoms with Gasteiger partial charge in [0.2, 0.25) is 5.88 Å². The van der Waals surface area contributed by atoms with Crippen molar-refractivity contribution in [3.8, 4) is 11.9 Å². The first-order chi connectivity index (χ1) is 10.7. The van der Waals surface area contributed by atoms with Crippen LogP contribution >= 0.6 is 0 Å². The Morgan fingerprint density at radius 1 is 1.36 bits per heavy atom. The van der Waals surface area contributed by atoms with Gasteiger partial charge < -0.3 is 19.4 Å². The Kier molecular flexibility index (Phi) is 5.39. The predicted molar refractivity (Wildman–Crippen MR) is 83.8 cm³/mol. The van der Waals surface area contributed by atoms with E-state index in [0.717, 1.165) is 16.9 Å². The first-order valence-corrected chi connectivity index (χ1v) is 7.02. The largest absolute Gasteiger partial charge is 0.475 e. The van der Waals surface area contributed by atoms with Gasteiger partial charge in [0, 0.05) is 32.5 Å². The molecule has 0 aliphatic carbocycles. The highest BCUT2D eigenvalue weighted by Crippen LogP contribution is 2.17. The fourth-order valence-corrected chi connectivity index (χ4v) is 2.05. The van der Waals surface area contributed by atoms with Crippen molar-refractivity contribution in [1.29, 1.82) is 5.26 Å². The maximum absolute atomic E-state index is 9.04. The third-order valence-corrected chi connectivity index (χ3v) is 3.51. The van der Waals surface area contributed by atoms with Crippen molar-refractivity contribution in [2.24, 2.45) is 7.05 Å². The fraction of sp³-hybridized carbons (Fsp3) is 0.375. The minimum atomic E-state index is 0.483. The van der Waals surface area contributed by atoms with Crippen LogP contribution in [0.2, 0.25) is 0 Å². The number of aromatic nitrogens is 2. The zero-order valence-corrected chi connectivity index (χ0v) is 13.1. The first-order valence-electron chi connectivity index (χ1n) is 7.02. The summed E-state index contributed by atoms with van der Waals surface area (Å²) in [6.45, 7) is 3.67. The van der Waals surface area contributed by atoms with Gasteiger partial charge in [-0.1, -0.05) is 0 Å². The third-order valence-electron chi connectivity index (χ3n) is 3.51. The van der Waals surface area contributed by atoms with E-state index in [0.29, 0.717) is 31.3 Å². The number of anilines is 1. The molecule has 0 amide bonds. The second kappa shape index (κ2) is 7.48. The SMILES string of the molecule is COCCOc1ccc(NCc2cc(C#N)n(C)c2C)cn1. The highest BCUT2D eigenvalue weighted by Gasteiger charge is 2.08. The molecule has 0 radical (unpaired) electrons. The molecule has 0 bridgehead atoms. The van der Waals surface area contributed by atoms with Crippen molar-refractivity contribution in [3.05, 3.63) is 41.3 Å². The first kappa shape index (κ1) is 15.9. The van der Waals surface area contributed by atoms with E-state index in [1.54, 1.807) is 13.3 Å². The van der Waals surface area contributed by atoms with Gasteiger partial charge in [-0.25, -0.2) is 4.98 Å². The summed E-state index contributed by atoms with van der Waals surface area (Å²) < 4.78 is 12.2. The van der Waals surface area contributed by atoms with E-state index in [4.69, 9.17) is 14.7 Å². The lowest BCUT2D eigenvalue weighted by molar-refractivity contribution is 0.144. The van der Waals surface area contributed by atoms with Gasteiger partial charge in [-0.15, -0.1) is 0 Å². The topological polar surface area (TPSA) is 72.1 Å². The highest BCUT2D eigenvalue weighted by molar-refractivity contribution is 5.44. The summed E-state index contributed by atoms with van der Waals surface area (Å²) in [6, 6.07) is 7.81. The number of ether oxygens (including phenoxy) is 2. The zero-order valence-electron chi connectivity index (χ0n) is 13.1. The number of methoxy groups -OCH3 is 1. The molecule has 6 heteroatoms. The van der Waals surface area contributed by atoms with Gasteiger partial charge in [0.25, 0.3) is 0 Å². The fourth-order valence-electron chi connectivity index (χ4n) is 2.05. The summed E-state index contributed by atoms with van der Waals surface area (Å²) in [7, 11) is 3.53. The molecule has 2 heterocycles. The van der Waals surface area contributed by atoms with Crippen LogP contribution in [0.3, 0.4) is 0 Å². The van der Waals surface area contributed by atoms with E-state index in [1.165, 1.54) is 0 Å². The number of hydrogen-bond donors (Lipinski definition) is 1. The average molecular weight is 300 g/mol. The van der Waals surface area contributed by atoms with E-state index < -0.39 is 0 Å². The second-order valence-corrected chi connectivity index (χ2v) is 4.89. The molecular weight excluding hydrogens is 280 g/mol. The van der Waals surface area contributed by atoms with E-state index in [2.05, 4.69) is 16.4 Å². The van der Waals surface area contributed by atoms with E-state index in [1.807, 2.05) is 36.7 Å². The van der Waals surface area contributed by atoms with Crippen LogP contribution in [0.4, 0.5) is 5.69 Å². The maximum atomic E-state index is 9.04. The molecule has 2 aromatic rings. The Bertz CT molecular complexity index is 656. The number of pyridine rings is 1. The lowest BCUT2D eigenvalue weighted by Crippen LogP contribution is -2.06.